The summed E-state index contributed by atoms with van der Waals surface area (Å²) in [6, 6.07) is 6.06. The van der Waals surface area contributed by atoms with Gasteiger partial charge in [-0.05, 0) is 32.9 Å². The van der Waals surface area contributed by atoms with E-state index in [1.54, 1.807) is 0 Å². The van der Waals surface area contributed by atoms with Gasteiger partial charge >= 0.3 is 0 Å². The summed E-state index contributed by atoms with van der Waals surface area (Å²) in [5, 5.41) is 0. The molecule has 2 rings (SSSR count). The summed E-state index contributed by atoms with van der Waals surface area (Å²) in [4.78, 5) is 14.5. The number of morpholine rings is 1. The van der Waals surface area contributed by atoms with Gasteiger partial charge in [0.15, 0.2) is 5.78 Å². The predicted octanol–water partition coefficient (Wildman–Crippen LogP) is 2.60. The molecule has 0 amide bonds. The molecule has 1 fully saturated rings. The first-order chi connectivity index (χ1) is 9.04. The zero-order valence-corrected chi connectivity index (χ0v) is 12.1. The van der Waals surface area contributed by atoms with Crippen LogP contribution in [0, 0.1) is 13.8 Å². The maximum absolute atomic E-state index is 12.2. The predicted molar refractivity (Wildman–Crippen MR) is 76.7 cm³/mol. The normalized spacial score (nSPS) is 20.5. The van der Waals surface area contributed by atoms with E-state index >= 15 is 0 Å². The minimum atomic E-state index is 0.242. The third kappa shape index (κ3) is 4.15. The van der Waals surface area contributed by atoms with Gasteiger partial charge in [-0.2, -0.15) is 0 Å². The van der Waals surface area contributed by atoms with E-state index in [1.807, 2.05) is 26.0 Å². The van der Waals surface area contributed by atoms with E-state index in [1.165, 1.54) is 0 Å². The second-order valence-electron chi connectivity index (χ2n) is 5.53. The van der Waals surface area contributed by atoms with E-state index < -0.39 is 0 Å². The molecular weight excluding hydrogens is 238 g/mol. The van der Waals surface area contributed by atoms with Gasteiger partial charge in [-0.25, -0.2) is 0 Å². The van der Waals surface area contributed by atoms with E-state index in [2.05, 4.69) is 17.9 Å². The van der Waals surface area contributed by atoms with Gasteiger partial charge in [0.2, 0.25) is 0 Å². The van der Waals surface area contributed by atoms with Crippen LogP contribution in [-0.4, -0.2) is 43.0 Å². The molecule has 0 bridgehead atoms. The van der Waals surface area contributed by atoms with Gasteiger partial charge in [0, 0.05) is 31.6 Å². The largest absolute Gasteiger partial charge is 0.376 e. The Morgan fingerprint density at radius 2 is 2.00 bits per heavy atom. The number of Topliss-reactive ketones (excluding diaryl/α,β-unsaturated/α-hetero) is 1. The average molecular weight is 261 g/mol. The number of nitrogens with zero attached hydrogens (tertiary/aromatic N) is 1. The van der Waals surface area contributed by atoms with Crippen molar-refractivity contribution in [3.05, 3.63) is 34.9 Å². The Labute approximate surface area is 115 Å². The molecule has 0 saturated carbocycles. The highest BCUT2D eigenvalue weighted by Gasteiger charge is 2.17. The number of aryl methyl sites for hydroxylation is 2. The highest BCUT2D eigenvalue weighted by atomic mass is 16.5. The minimum absolute atomic E-state index is 0.242. The van der Waals surface area contributed by atoms with Crippen molar-refractivity contribution in [1.29, 1.82) is 0 Å². The fourth-order valence-electron chi connectivity index (χ4n) is 2.63. The Kier molecular flexibility index (Phi) is 4.72. The van der Waals surface area contributed by atoms with Crippen LogP contribution in [0.25, 0.3) is 0 Å². The number of hydrogen-bond acceptors (Lipinski definition) is 3. The first-order valence-electron chi connectivity index (χ1n) is 7.00. The van der Waals surface area contributed by atoms with Crippen LogP contribution in [0.3, 0.4) is 0 Å². The molecule has 1 atom stereocenters. The average Bonchev–Trinajstić information content (AvgIpc) is 2.35. The number of benzene rings is 1. The van der Waals surface area contributed by atoms with Crippen LogP contribution in [-0.2, 0) is 4.74 Å². The maximum atomic E-state index is 12.2. The van der Waals surface area contributed by atoms with Crippen LogP contribution in [0.4, 0.5) is 0 Å². The standard InChI is InChI=1S/C16H23NO2/c1-12-8-13(2)10-15(9-12)16(18)4-5-17-6-7-19-14(3)11-17/h8-10,14H,4-7,11H2,1-3H3. The Balaban J connectivity index is 1.90. The Bertz CT molecular complexity index is 436. The highest BCUT2D eigenvalue weighted by Crippen LogP contribution is 2.12. The molecule has 3 nitrogen and oxygen atoms in total. The molecule has 0 N–H and O–H groups in total. The SMILES string of the molecule is Cc1cc(C)cc(C(=O)CCN2CCOC(C)C2)c1. The quantitative estimate of drug-likeness (QED) is 0.780. The summed E-state index contributed by atoms with van der Waals surface area (Å²) >= 11 is 0. The monoisotopic (exact) mass is 261 g/mol. The van der Waals surface area contributed by atoms with E-state index in [0.29, 0.717) is 6.42 Å². The minimum Gasteiger partial charge on any atom is -0.376 e. The molecule has 1 aromatic rings. The van der Waals surface area contributed by atoms with Crippen LogP contribution in [0.1, 0.15) is 34.8 Å². The van der Waals surface area contributed by atoms with Crippen LogP contribution in [0.5, 0.6) is 0 Å². The zero-order chi connectivity index (χ0) is 13.8. The second-order valence-corrected chi connectivity index (χ2v) is 5.53. The van der Waals surface area contributed by atoms with Crippen molar-refractivity contribution in [1.82, 2.24) is 4.90 Å². The second kappa shape index (κ2) is 6.31. The molecule has 1 aliphatic heterocycles. The van der Waals surface area contributed by atoms with Gasteiger partial charge in [-0.3, -0.25) is 9.69 Å². The number of ether oxygens (including phenoxy) is 1. The van der Waals surface area contributed by atoms with Crippen molar-refractivity contribution < 1.29 is 9.53 Å². The van der Waals surface area contributed by atoms with Crippen molar-refractivity contribution in [2.75, 3.05) is 26.2 Å². The molecule has 1 heterocycles. The number of hydrogen-bond donors (Lipinski definition) is 0. The van der Waals surface area contributed by atoms with Crippen LogP contribution < -0.4 is 0 Å². The van der Waals surface area contributed by atoms with Gasteiger partial charge in [-0.15, -0.1) is 0 Å². The first kappa shape index (κ1) is 14.2. The lowest BCUT2D eigenvalue weighted by molar-refractivity contribution is -0.0180. The lowest BCUT2D eigenvalue weighted by Crippen LogP contribution is -2.41. The molecule has 0 spiro atoms. The van der Waals surface area contributed by atoms with Crippen molar-refractivity contribution in [3.8, 4) is 0 Å². The summed E-state index contributed by atoms with van der Waals surface area (Å²) in [6.45, 7) is 9.63. The smallest absolute Gasteiger partial charge is 0.164 e. The lowest BCUT2D eigenvalue weighted by Gasteiger charge is -2.30. The van der Waals surface area contributed by atoms with Gasteiger partial charge in [-0.1, -0.05) is 17.2 Å². The first-order valence-corrected chi connectivity index (χ1v) is 7.00. The van der Waals surface area contributed by atoms with Crippen LogP contribution >= 0.6 is 0 Å². The third-order valence-electron chi connectivity index (χ3n) is 3.52. The lowest BCUT2D eigenvalue weighted by atomic mass is 10.0. The zero-order valence-electron chi connectivity index (χ0n) is 12.1. The van der Waals surface area contributed by atoms with E-state index in [9.17, 15) is 4.79 Å². The topological polar surface area (TPSA) is 29.5 Å². The maximum Gasteiger partial charge on any atom is 0.164 e. The van der Waals surface area contributed by atoms with Crippen LogP contribution in [0.15, 0.2) is 18.2 Å². The molecule has 1 aromatic carbocycles. The fourth-order valence-corrected chi connectivity index (χ4v) is 2.63. The van der Waals surface area contributed by atoms with Gasteiger partial charge < -0.3 is 4.74 Å². The van der Waals surface area contributed by atoms with Gasteiger partial charge in [0.05, 0.1) is 12.7 Å². The highest BCUT2D eigenvalue weighted by molar-refractivity contribution is 5.96. The summed E-state index contributed by atoms with van der Waals surface area (Å²) in [7, 11) is 0. The van der Waals surface area contributed by atoms with Crippen molar-refractivity contribution >= 4 is 5.78 Å². The summed E-state index contributed by atoms with van der Waals surface area (Å²) in [5.41, 5.74) is 3.16. The molecule has 0 radical (unpaired) electrons. The molecule has 3 heteroatoms. The summed E-state index contributed by atoms with van der Waals surface area (Å²) < 4.78 is 5.50. The number of carbonyl (C=O) groups excluding carboxylic acids is 1. The van der Waals surface area contributed by atoms with E-state index in [-0.39, 0.29) is 11.9 Å². The van der Waals surface area contributed by atoms with Crippen LogP contribution in [0.2, 0.25) is 0 Å². The van der Waals surface area contributed by atoms with Crippen molar-refractivity contribution in [2.24, 2.45) is 0 Å². The van der Waals surface area contributed by atoms with Gasteiger partial charge in [0.1, 0.15) is 0 Å². The summed E-state index contributed by atoms with van der Waals surface area (Å²) in [5.74, 6) is 0.242. The number of rotatable bonds is 4. The molecular formula is C16H23NO2. The van der Waals surface area contributed by atoms with Gasteiger partial charge in [0.25, 0.3) is 0 Å². The van der Waals surface area contributed by atoms with E-state index in [4.69, 9.17) is 4.74 Å². The summed E-state index contributed by atoms with van der Waals surface area (Å²) in [6.07, 6.45) is 0.875. The molecule has 1 unspecified atom stereocenters. The molecule has 1 aliphatic rings. The fraction of sp³-hybridized carbons (Fsp3) is 0.562. The number of carbonyl (C=O) groups is 1. The molecule has 1 saturated heterocycles. The Morgan fingerprint density at radius 1 is 1.32 bits per heavy atom. The third-order valence-corrected chi connectivity index (χ3v) is 3.52. The Morgan fingerprint density at radius 3 is 2.63 bits per heavy atom. The molecule has 104 valence electrons. The Hall–Kier alpha value is -1.19. The molecule has 19 heavy (non-hydrogen) atoms. The number of ketones is 1. The molecule has 0 aromatic heterocycles. The molecule has 0 aliphatic carbocycles. The van der Waals surface area contributed by atoms with E-state index in [0.717, 1.165) is 42.9 Å². The van der Waals surface area contributed by atoms with Crippen molar-refractivity contribution in [3.63, 3.8) is 0 Å². The van der Waals surface area contributed by atoms with Crippen molar-refractivity contribution in [2.45, 2.75) is 33.3 Å².